The number of primary amides is 1. The van der Waals surface area contributed by atoms with Gasteiger partial charge in [-0.3, -0.25) is 9.59 Å². The van der Waals surface area contributed by atoms with Crippen LogP contribution >= 0.6 is 0 Å². The van der Waals surface area contributed by atoms with Crippen LogP contribution in [-0.4, -0.2) is 59.9 Å². The molecule has 2 fully saturated rings. The predicted molar refractivity (Wildman–Crippen MR) is 124 cm³/mol. The minimum absolute atomic E-state index is 0.00750. The molecule has 2 saturated heterocycles. The fraction of sp³-hybridized carbons (Fsp3) is 0.565. The molecule has 2 aromatic rings. The first-order valence-corrected chi connectivity index (χ1v) is 13.2. The molecule has 0 spiro atoms. The molecule has 1 amide bonds. The minimum atomic E-state index is -3.42. The number of aryl methyl sites for hydroxylation is 2. The van der Waals surface area contributed by atoms with Crippen LogP contribution in [0.25, 0.3) is 10.9 Å². The summed E-state index contributed by atoms with van der Waals surface area (Å²) in [5.41, 5.74) is 7.28. The Bertz CT molecular complexity index is 1150. The van der Waals surface area contributed by atoms with Crippen LogP contribution in [0.4, 0.5) is 0 Å². The van der Waals surface area contributed by atoms with E-state index in [4.69, 9.17) is 5.73 Å². The van der Waals surface area contributed by atoms with Crippen LogP contribution in [0.15, 0.2) is 24.3 Å². The molecule has 0 radical (unpaired) electrons. The fourth-order valence-electron chi connectivity index (χ4n) is 5.46. The van der Waals surface area contributed by atoms with Crippen molar-refractivity contribution in [2.75, 3.05) is 19.3 Å². The highest BCUT2D eigenvalue weighted by Crippen LogP contribution is 2.33. The standard InChI is InChI=1S/C23H32N4O4S/c1-3-26-18(14-16-7-8-17(22(24)29)15-20(16)26)9-11-23(10-5-12-25-23)21(28)19-6-4-13-27(19)32(2,30)31/h7-8,14-15,19,25H,3-6,9-13H2,1-2H3,(H2,24,29)/t19-,23+/m1/s1. The van der Waals surface area contributed by atoms with Gasteiger partial charge in [0.25, 0.3) is 0 Å². The highest BCUT2D eigenvalue weighted by molar-refractivity contribution is 7.88. The number of carbonyl (C=O) groups excluding carboxylic acids is 2. The van der Waals surface area contributed by atoms with E-state index in [1.54, 1.807) is 6.07 Å². The van der Waals surface area contributed by atoms with Crippen molar-refractivity contribution in [2.45, 2.75) is 63.6 Å². The molecule has 0 bridgehead atoms. The van der Waals surface area contributed by atoms with Gasteiger partial charge in [0, 0.05) is 29.9 Å². The van der Waals surface area contributed by atoms with Gasteiger partial charge in [0.05, 0.1) is 17.8 Å². The van der Waals surface area contributed by atoms with Crippen LogP contribution in [0.1, 0.15) is 55.1 Å². The third-order valence-corrected chi connectivity index (χ3v) is 8.34. The zero-order valence-corrected chi connectivity index (χ0v) is 19.6. The number of carbonyl (C=O) groups is 2. The van der Waals surface area contributed by atoms with Gasteiger partial charge >= 0.3 is 0 Å². The van der Waals surface area contributed by atoms with Crippen LogP contribution in [0.3, 0.4) is 0 Å². The Kier molecular flexibility index (Phi) is 6.17. The van der Waals surface area contributed by atoms with Gasteiger partial charge in [-0.25, -0.2) is 8.42 Å². The van der Waals surface area contributed by atoms with Crippen molar-refractivity contribution < 1.29 is 18.0 Å². The Hall–Kier alpha value is -2.23. The van der Waals surface area contributed by atoms with E-state index in [-0.39, 0.29) is 5.78 Å². The average Bonchev–Trinajstić information content (AvgIpc) is 3.49. The van der Waals surface area contributed by atoms with E-state index in [2.05, 4.69) is 22.9 Å². The van der Waals surface area contributed by atoms with Crippen molar-refractivity contribution in [3.63, 3.8) is 0 Å². The number of nitrogens with two attached hydrogens (primary N) is 1. The Morgan fingerprint density at radius 3 is 2.66 bits per heavy atom. The lowest BCUT2D eigenvalue weighted by atomic mass is 9.82. The summed E-state index contributed by atoms with van der Waals surface area (Å²) >= 11 is 0. The minimum Gasteiger partial charge on any atom is -0.366 e. The van der Waals surface area contributed by atoms with Gasteiger partial charge in [0.15, 0.2) is 5.78 Å². The monoisotopic (exact) mass is 460 g/mol. The van der Waals surface area contributed by atoms with E-state index in [9.17, 15) is 18.0 Å². The van der Waals surface area contributed by atoms with E-state index >= 15 is 0 Å². The lowest BCUT2D eigenvalue weighted by Gasteiger charge is -2.33. The summed E-state index contributed by atoms with van der Waals surface area (Å²) in [6, 6.07) is 6.99. The Morgan fingerprint density at radius 2 is 2.03 bits per heavy atom. The number of nitrogens with zero attached hydrogens (tertiary/aromatic N) is 2. The second-order valence-corrected chi connectivity index (χ2v) is 11.0. The highest BCUT2D eigenvalue weighted by Gasteiger charge is 2.48. The lowest BCUT2D eigenvalue weighted by molar-refractivity contribution is -0.128. The molecule has 32 heavy (non-hydrogen) atoms. The van der Waals surface area contributed by atoms with Gasteiger partial charge in [-0.15, -0.1) is 0 Å². The normalized spacial score (nSPS) is 24.4. The molecular formula is C23H32N4O4S. The SMILES string of the molecule is CCn1c(CC[C@]2(C(=O)[C@H]3CCCN3S(C)(=O)=O)CCCN2)cc2ccc(C(N)=O)cc21. The van der Waals surface area contributed by atoms with Crippen LogP contribution in [-0.2, 0) is 27.8 Å². The summed E-state index contributed by atoms with van der Waals surface area (Å²) in [7, 11) is -3.42. The fourth-order valence-corrected chi connectivity index (χ4v) is 6.58. The number of nitrogens with one attached hydrogen (secondary N) is 1. The zero-order chi connectivity index (χ0) is 23.1. The molecule has 2 aliphatic heterocycles. The van der Waals surface area contributed by atoms with E-state index < -0.39 is 27.5 Å². The zero-order valence-electron chi connectivity index (χ0n) is 18.8. The van der Waals surface area contributed by atoms with Crippen molar-refractivity contribution in [2.24, 2.45) is 5.73 Å². The molecule has 8 nitrogen and oxygen atoms in total. The first kappa shape index (κ1) is 22.9. The third-order valence-electron chi connectivity index (χ3n) is 7.05. The quantitative estimate of drug-likeness (QED) is 0.624. The van der Waals surface area contributed by atoms with Crippen LogP contribution in [0.2, 0.25) is 0 Å². The maximum atomic E-state index is 13.7. The number of Topliss-reactive ketones (excluding diaryl/α,β-unsaturated/α-hetero) is 1. The first-order chi connectivity index (χ1) is 15.2. The summed E-state index contributed by atoms with van der Waals surface area (Å²) in [6.07, 6.45) is 5.39. The Balaban J connectivity index is 1.61. The molecule has 1 aromatic carbocycles. The predicted octanol–water partition coefficient (Wildman–Crippen LogP) is 1.81. The molecule has 2 aliphatic rings. The van der Waals surface area contributed by atoms with E-state index in [1.807, 2.05) is 12.1 Å². The molecule has 3 N–H and O–H groups in total. The topological polar surface area (TPSA) is 114 Å². The molecule has 1 aromatic heterocycles. The van der Waals surface area contributed by atoms with E-state index in [0.717, 1.165) is 42.5 Å². The summed E-state index contributed by atoms with van der Waals surface area (Å²) in [4.78, 5) is 25.3. The van der Waals surface area contributed by atoms with Crippen molar-refractivity contribution in [3.8, 4) is 0 Å². The average molecular weight is 461 g/mol. The molecule has 2 atom stereocenters. The number of amides is 1. The number of hydrogen-bond donors (Lipinski definition) is 2. The van der Waals surface area contributed by atoms with Crippen molar-refractivity contribution in [1.82, 2.24) is 14.2 Å². The molecule has 3 heterocycles. The summed E-state index contributed by atoms with van der Waals surface area (Å²) < 4.78 is 28.0. The van der Waals surface area contributed by atoms with Crippen LogP contribution in [0.5, 0.6) is 0 Å². The van der Waals surface area contributed by atoms with Gasteiger partial charge in [-0.1, -0.05) is 6.07 Å². The van der Waals surface area contributed by atoms with Crippen molar-refractivity contribution in [3.05, 3.63) is 35.5 Å². The van der Waals surface area contributed by atoms with Gasteiger partial charge in [-0.05, 0) is 75.6 Å². The number of rotatable bonds is 8. The summed E-state index contributed by atoms with van der Waals surface area (Å²) in [5, 5.41) is 4.48. The first-order valence-electron chi connectivity index (χ1n) is 11.3. The smallest absolute Gasteiger partial charge is 0.248 e. The van der Waals surface area contributed by atoms with Crippen molar-refractivity contribution >= 4 is 32.6 Å². The summed E-state index contributed by atoms with van der Waals surface area (Å²) in [5.74, 6) is -0.447. The van der Waals surface area contributed by atoms with Crippen LogP contribution < -0.4 is 11.1 Å². The van der Waals surface area contributed by atoms with E-state index in [0.29, 0.717) is 37.8 Å². The number of ketones is 1. The van der Waals surface area contributed by atoms with Gasteiger partial charge in [0.1, 0.15) is 0 Å². The van der Waals surface area contributed by atoms with Gasteiger partial charge < -0.3 is 15.6 Å². The van der Waals surface area contributed by atoms with Gasteiger partial charge in [-0.2, -0.15) is 4.31 Å². The molecule has 0 unspecified atom stereocenters. The Morgan fingerprint density at radius 1 is 1.25 bits per heavy atom. The summed E-state index contributed by atoms with van der Waals surface area (Å²) in [6.45, 7) is 3.96. The molecule has 4 rings (SSSR count). The number of hydrogen-bond acceptors (Lipinski definition) is 5. The van der Waals surface area contributed by atoms with Crippen molar-refractivity contribution in [1.29, 1.82) is 0 Å². The Labute approximate surface area is 189 Å². The number of benzene rings is 1. The maximum Gasteiger partial charge on any atom is 0.248 e. The highest BCUT2D eigenvalue weighted by atomic mass is 32.2. The number of sulfonamides is 1. The largest absolute Gasteiger partial charge is 0.366 e. The molecule has 9 heteroatoms. The third kappa shape index (κ3) is 4.09. The van der Waals surface area contributed by atoms with Gasteiger partial charge in [0.2, 0.25) is 15.9 Å². The number of aromatic nitrogens is 1. The molecule has 174 valence electrons. The van der Waals surface area contributed by atoms with Crippen LogP contribution in [0, 0.1) is 0 Å². The maximum absolute atomic E-state index is 13.7. The second-order valence-electron chi connectivity index (χ2n) is 9.03. The molecule has 0 aliphatic carbocycles. The molecular weight excluding hydrogens is 428 g/mol. The second kappa shape index (κ2) is 8.61. The molecule has 0 saturated carbocycles. The van der Waals surface area contributed by atoms with E-state index in [1.165, 1.54) is 10.6 Å². The number of fused-ring (bicyclic) bond motifs is 1. The lowest BCUT2D eigenvalue weighted by Crippen LogP contribution is -2.56.